The molecule has 7 nitrogen and oxygen atoms in total. The van der Waals surface area contributed by atoms with Crippen LogP contribution in [0.5, 0.6) is 11.5 Å². The van der Waals surface area contributed by atoms with E-state index in [2.05, 4.69) is 10.1 Å². The number of hydrogen-bond donors (Lipinski definition) is 1. The van der Waals surface area contributed by atoms with Crippen LogP contribution in [0.3, 0.4) is 0 Å². The first-order valence-electron chi connectivity index (χ1n) is 9.78. The summed E-state index contributed by atoms with van der Waals surface area (Å²) in [6, 6.07) is 18.0. The van der Waals surface area contributed by atoms with Gasteiger partial charge in [0.2, 0.25) is 5.91 Å². The number of carbonyl (C=O) groups is 1. The lowest BCUT2D eigenvalue weighted by Gasteiger charge is -2.24. The van der Waals surface area contributed by atoms with E-state index in [9.17, 15) is 22.0 Å². The molecule has 0 aliphatic carbocycles. The molecule has 0 radical (unpaired) electrons. The predicted molar refractivity (Wildman–Crippen MR) is 120 cm³/mol. The molecule has 0 fully saturated rings. The van der Waals surface area contributed by atoms with E-state index in [-0.39, 0.29) is 22.0 Å². The third-order valence-corrected chi connectivity index (χ3v) is 6.42. The van der Waals surface area contributed by atoms with Gasteiger partial charge in [0.25, 0.3) is 10.0 Å². The van der Waals surface area contributed by atoms with Crippen molar-refractivity contribution in [2.75, 3.05) is 23.3 Å². The van der Waals surface area contributed by atoms with Crippen LogP contribution < -0.4 is 19.1 Å². The van der Waals surface area contributed by atoms with E-state index in [4.69, 9.17) is 4.74 Å². The average Bonchev–Trinajstić information content (AvgIpc) is 2.79. The van der Waals surface area contributed by atoms with E-state index in [1.807, 2.05) is 6.92 Å². The van der Waals surface area contributed by atoms with Gasteiger partial charge in [0.15, 0.2) is 0 Å². The molecule has 0 aliphatic rings. The smallest absolute Gasteiger partial charge is 0.387 e. The summed E-state index contributed by atoms with van der Waals surface area (Å²) in [5.74, 6) is -0.473. The average molecular weight is 477 g/mol. The van der Waals surface area contributed by atoms with Crippen molar-refractivity contribution in [1.82, 2.24) is 0 Å². The van der Waals surface area contributed by atoms with E-state index < -0.39 is 29.1 Å². The Bertz CT molecular complexity index is 1200. The number of anilines is 2. The summed E-state index contributed by atoms with van der Waals surface area (Å²) in [5.41, 5.74) is 1.09. The monoisotopic (exact) mass is 476 g/mol. The van der Waals surface area contributed by atoms with E-state index in [1.54, 1.807) is 24.3 Å². The molecule has 174 valence electrons. The van der Waals surface area contributed by atoms with Crippen LogP contribution in [-0.4, -0.2) is 34.6 Å². The maximum Gasteiger partial charge on any atom is 0.387 e. The number of amides is 1. The fourth-order valence-corrected chi connectivity index (χ4v) is 4.41. The summed E-state index contributed by atoms with van der Waals surface area (Å²) in [7, 11) is -2.65. The van der Waals surface area contributed by atoms with Crippen LogP contribution in [-0.2, 0) is 14.8 Å². The Morgan fingerprint density at radius 3 is 2.24 bits per heavy atom. The van der Waals surface area contributed by atoms with Gasteiger partial charge in [-0.1, -0.05) is 29.8 Å². The summed E-state index contributed by atoms with van der Waals surface area (Å²) in [6.45, 7) is -1.86. The highest BCUT2D eigenvalue weighted by molar-refractivity contribution is 7.92. The van der Waals surface area contributed by atoms with Gasteiger partial charge in [0, 0.05) is 0 Å². The molecule has 3 aromatic carbocycles. The molecular formula is C23H22F2N2O5S. The zero-order chi connectivity index (χ0) is 24.0. The molecule has 0 saturated carbocycles. The van der Waals surface area contributed by atoms with Gasteiger partial charge < -0.3 is 14.8 Å². The number of benzene rings is 3. The lowest BCUT2D eigenvalue weighted by atomic mass is 10.2. The van der Waals surface area contributed by atoms with Crippen molar-refractivity contribution in [2.24, 2.45) is 0 Å². The molecule has 1 N–H and O–H groups in total. The number of para-hydroxylation sites is 2. The standard InChI is InChI=1S/C23H22F2N2O5S/c1-16-7-13-19(14-8-16)33(29,30)27(17-9-11-18(31-2)12-10-17)15-22(28)26-20-5-3-4-6-21(20)32-23(24)25/h3-14,23H,15H2,1-2H3,(H,26,28). The van der Waals surface area contributed by atoms with Crippen molar-refractivity contribution in [2.45, 2.75) is 18.4 Å². The van der Waals surface area contributed by atoms with Crippen LogP contribution in [0, 0.1) is 6.92 Å². The molecular weight excluding hydrogens is 454 g/mol. The Labute approximate surface area is 190 Å². The van der Waals surface area contributed by atoms with Crippen molar-refractivity contribution in [3.8, 4) is 11.5 Å². The van der Waals surface area contributed by atoms with E-state index in [0.29, 0.717) is 5.75 Å². The number of nitrogens with zero attached hydrogens (tertiary/aromatic N) is 1. The number of aryl methyl sites for hydroxylation is 1. The molecule has 0 saturated heterocycles. The third kappa shape index (κ3) is 5.98. The topological polar surface area (TPSA) is 84.9 Å². The maximum atomic E-state index is 13.4. The number of hydrogen-bond acceptors (Lipinski definition) is 5. The fourth-order valence-electron chi connectivity index (χ4n) is 2.99. The Kier molecular flexibility index (Phi) is 7.49. The Morgan fingerprint density at radius 1 is 1.00 bits per heavy atom. The summed E-state index contributed by atoms with van der Waals surface area (Å²) >= 11 is 0. The summed E-state index contributed by atoms with van der Waals surface area (Å²) in [6.07, 6.45) is 0. The zero-order valence-electron chi connectivity index (χ0n) is 17.9. The van der Waals surface area contributed by atoms with Crippen LogP contribution >= 0.6 is 0 Å². The van der Waals surface area contributed by atoms with Crippen LogP contribution in [0.15, 0.2) is 77.7 Å². The molecule has 0 spiro atoms. The molecule has 0 bridgehead atoms. The number of carbonyl (C=O) groups excluding carboxylic acids is 1. The number of ether oxygens (including phenoxy) is 2. The van der Waals surface area contributed by atoms with Gasteiger partial charge in [-0.25, -0.2) is 8.42 Å². The molecule has 0 heterocycles. The number of alkyl halides is 2. The SMILES string of the molecule is COc1ccc(N(CC(=O)Nc2ccccc2OC(F)F)S(=O)(=O)c2ccc(C)cc2)cc1. The second-order valence-electron chi connectivity index (χ2n) is 6.95. The molecule has 3 rings (SSSR count). The summed E-state index contributed by atoms with van der Waals surface area (Å²) < 4.78 is 62.6. The first kappa shape index (κ1) is 24.0. The van der Waals surface area contributed by atoms with Gasteiger partial charge in [0.1, 0.15) is 18.0 Å². The van der Waals surface area contributed by atoms with Crippen molar-refractivity contribution < 1.29 is 31.5 Å². The maximum absolute atomic E-state index is 13.4. The molecule has 33 heavy (non-hydrogen) atoms. The van der Waals surface area contributed by atoms with E-state index in [0.717, 1.165) is 9.87 Å². The Hall–Kier alpha value is -3.66. The minimum Gasteiger partial charge on any atom is -0.497 e. The van der Waals surface area contributed by atoms with Gasteiger partial charge >= 0.3 is 6.61 Å². The van der Waals surface area contributed by atoms with E-state index >= 15 is 0 Å². The van der Waals surface area contributed by atoms with Crippen LogP contribution in [0.25, 0.3) is 0 Å². The Morgan fingerprint density at radius 2 is 1.64 bits per heavy atom. The first-order chi connectivity index (χ1) is 15.7. The minimum absolute atomic E-state index is 0.00171. The zero-order valence-corrected chi connectivity index (χ0v) is 18.7. The quantitative estimate of drug-likeness (QED) is 0.494. The number of nitrogens with one attached hydrogen (secondary N) is 1. The number of methoxy groups -OCH3 is 1. The normalized spacial score (nSPS) is 11.2. The second kappa shape index (κ2) is 10.3. The lowest BCUT2D eigenvalue weighted by Crippen LogP contribution is -2.38. The van der Waals surface area contributed by atoms with Gasteiger partial charge in [-0.3, -0.25) is 9.10 Å². The number of rotatable bonds is 9. The molecule has 0 atom stereocenters. The number of halogens is 2. The van der Waals surface area contributed by atoms with Crippen molar-refractivity contribution in [1.29, 1.82) is 0 Å². The molecule has 3 aromatic rings. The largest absolute Gasteiger partial charge is 0.497 e. The van der Waals surface area contributed by atoms with Crippen molar-refractivity contribution in [3.05, 3.63) is 78.4 Å². The minimum atomic E-state index is -4.13. The molecule has 10 heteroatoms. The van der Waals surface area contributed by atoms with Gasteiger partial charge in [0.05, 0.1) is 23.4 Å². The fraction of sp³-hybridized carbons (Fsp3) is 0.174. The molecule has 1 amide bonds. The highest BCUT2D eigenvalue weighted by Crippen LogP contribution is 2.28. The lowest BCUT2D eigenvalue weighted by molar-refractivity contribution is -0.114. The highest BCUT2D eigenvalue weighted by atomic mass is 32.2. The van der Waals surface area contributed by atoms with Gasteiger partial charge in [-0.05, 0) is 55.5 Å². The van der Waals surface area contributed by atoms with Crippen LogP contribution in [0.1, 0.15) is 5.56 Å². The van der Waals surface area contributed by atoms with Crippen LogP contribution in [0.2, 0.25) is 0 Å². The second-order valence-corrected chi connectivity index (χ2v) is 8.81. The first-order valence-corrected chi connectivity index (χ1v) is 11.2. The molecule has 0 aliphatic heterocycles. The molecule has 0 unspecified atom stereocenters. The Balaban J connectivity index is 1.93. The van der Waals surface area contributed by atoms with Crippen LogP contribution in [0.4, 0.5) is 20.2 Å². The van der Waals surface area contributed by atoms with Gasteiger partial charge in [-0.2, -0.15) is 8.78 Å². The van der Waals surface area contributed by atoms with E-state index in [1.165, 1.54) is 55.6 Å². The highest BCUT2D eigenvalue weighted by Gasteiger charge is 2.27. The van der Waals surface area contributed by atoms with Crippen molar-refractivity contribution >= 4 is 27.3 Å². The summed E-state index contributed by atoms with van der Waals surface area (Å²) in [4.78, 5) is 12.8. The summed E-state index contributed by atoms with van der Waals surface area (Å²) in [5, 5.41) is 2.44. The number of sulfonamides is 1. The predicted octanol–water partition coefficient (Wildman–Crippen LogP) is 4.44. The molecule has 0 aromatic heterocycles. The van der Waals surface area contributed by atoms with Crippen molar-refractivity contribution in [3.63, 3.8) is 0 Å². The van der Waals surface area contributed by atoms with Gasteiger partial charge in [-0.15, -0.1) is 0 Å². The third-order valence-electron chi connectivity index (χ3n) is 4.63.